The Bertz CT molecular complexity index is 638. The fourth-order valence-electron chi connectivity index (χ4n) is 2.75. The summed E-state index contributed by atoms with van der Waals surface area (Å²) in [7, 11) is 0. The van der Waals surface area contributed by atoms with Crippen LogP contribution in [0.5, 0.6) is 11.5 Å². The maximum Gasteiger partial charge on any atom is 0.251 e. The molecule has 124 valence electrons. The number of hydrogen-bond donors (Lipinski definition) is 1. The van der Waals surface area contributed by atoms with Gasteiger partial charge in [0.1, 0.15) is 12.7 Å². The van der Waals surface area contributed by atoms with Crippen molar-refractivity contribution in [1.82, 2.24) is 14.8 Å². The van der Waals surface area contributed by atoms with Gasteiger partial charge in [0.2, 0.25) is 0 Å². The van der Waals surface area contributed by atoms with Crippen molar-refractivity contribution in [3.8, 4) is 11.5 Å². The second-order valence-corrected chi connectivity index (χ2v) is 5.98. The quantitative estimate of drug-likeness (QED) is 0.847. The molecule has 6 nitrogen and oxygen atoms in total. The Labute approximate surface area is 136 Å². The van der Waals surface area contributed by atoms with E-state index >= 15 is 0 Å². The highest BCUT2D eigenvalue weighted by atomic mass is 16.7. The lowest BCUT2D eigenvalue weighted by molar-refractivity contribution is -0.0843. The van der Waals surface area contributed by atoms with E-state index in [4.69, 9.17) is 9.47 Å². The highest BCUT2D eigenvalue weighted by molar-refractivity contribution is 5.56. The summed E-state index contributed by atoms with van der Waals surface area (Å²) in [5.41, 5.74) is 1.04. The van der Waals surface area contributed by atoms with Crippen LogP contribution in [0, 0.1) is 0 Å². The molecule has 1 aromatic carbocycles. The van der Waals surface area contributed by atoms with Crippen molar-refractivity contribution in [3.63, 3.8) is 0 Å². The number of ether oxygens (including phenoxy) is 2. The maximum absolute atomic E-state index is 6.05. The van der Waals surface area contributed by atoms with Gasteiger partial charge in [-0.15, -0.1) is 0 Å². The van der Waals surface area contributed by atoms with Crippen LogP contribution in [0.1, 0.15) is 40.0 Å². The Morgan fingerprint density at radius 3 is 2.70 bits per heavy atom. The van der Waals surface area contributed by atoms with Gasteiger partial charge in [0.15, 0.2) is 11.5 Å². The van der Waals surface area contributed by atoms with Crippen LogP contribution >= 0.6 is 0 Å². The van der Waals surface area contributed by atoms with Gasteiger partial charge in [-0.1, -0.05) is 13.8 Å². The first-order chi connectivity index (χ1) is 11.1. The molecule has 0 bridgehead atoms. The zero-order valence-corrected chi connectivity index (χ0v) is 14.0. The molecule has 0 radical (unpaired) electrons. The second kappa shape index (κ2) is 6.48. The molecule has 1 aromatic heterocycles. The minimum atomic E-state index is -0.500. The van der Waals surface area contributed by atoms with Crippen molar-refractivity contribution in [2.45, 2.75) is 58.4 Å². The fourth-order valence-corrected chi connectivity index (χ4v) is 2.75. The molecule has 1 aliphatic heterocycles. The highest BCUT2D eigenvalue weighted by Gasteiger charge is 2.38. The van der Waals surface area contributed by atoms with E-state index in [0.717, 1.165) is 43.0 Å². The van der Waals surface area contributed by atoms with Gasteiger partial charge in [0.05, 0.1) is 0 Å². The molecule has 1 atom stereocenters. The van der Waals surface area contributed by atoms with E-state index in [1.165, 1.54) is 0 Å². The maximum atomic E-state index is 6.05. The van der Waals surface area contributed by atoms with Crippen molar-refractivity contribution in [2.24, 2.45) is 0 Å². The third-order valence-corrected chi connectivity index (χ3v) is 4.28. The zero-order valence-electron chi connectivity index (χ0n) is 14.0. The molecule has 0 saturated heterocycles. The van der Waals surface area contributed by atoms with Gasteiger partial charge >= 0.3 is 0 Å². The van der Waals surface area contributed by atoms with Crippen LogP contribution < -0.4 is 14.8 Å². The minimum absolute atomic E-state index is 0.321. The Hall–Kier alpha value is -2.24. The van der Waals surface area contributed by atoms with E-state index < -0.39 is 5.79 Å². The summed E-state index contributed by atoms with van der Waals surface area (Å²) in [4.78, 5) is 3.95. The number of nitrogens with zero attached hydrogens (tertiary/aromatic N) is 3. The number of hydrogen-bond acceptors (Lipinski definition) is 5. The zero-order chi connectivity index (χ0) is 16.3. The third kappa shape index (κ3) is 3.41. The molecule has 1 N–H and O–H groups in total. The van der Waals surface area contributed by atoms with E-state index in [1.807, 2.05) is 22.9 Å². The Morgan fingerprint density at radius 1 is 1.22 bits per heavy atom. The number of rotatable bonds is 7. The normalized spacial score (nSPS) is 16.3. The molecule has 3 rings (SSSR count). The van der Waals surface area contributed by atoms with Gasteiger partial charge in [-0.25, -0.2) is 4.98 Å². The lowest BCUT2D eigenvalue weighted by Gasteiger charge is -2.24. The smallest absolute Gasteiger partial charge is 0.251 e. The van der Waals surface area contributed by atoms with E-state index in [1.54, 1.807) is 12.7 Å². The molecular formula is C17H24N4O2. The molecule has 23 heavy (non-hydrogen) atoms. The molecule has 0 unspecified atom stereocenters. The SMILES string of the molecule is CCC1(CC)Oc2ccc(N[C@H](C)CCn3cncn3)cc2O1. The standard InChI is InChI=1S/C17H24N4O2/c1-4-17(5-2)22-15-7-6-14(10-16(15)23-17)20-13(3)8-9-21-12-18-11-19-21/h6-7,10-13,20H,4-5,8-9H2,1-3H3/t13-/m1/s1. The summed E-state index contributed by atoms with van der Waals surface area (Å²) < 4.78 is 13.9. The summed E-state index contributed by atoms with van der Waals surface area (Å²) in [5.74, 6) is 1.15. The van der Waals surface area contributed by atoms with Crippen molar-refractivity contribution in [2.75, 3.05) is 5.32 Å². The largest absolute Gasteiger partial charge is 0.448 e. The first-order valence-corrected chi connectivity index (χ1v) is 8.25. The summed E-state index contributed by atoms with van der Waals surface area (Å²) >= 11 is 0. The molecular weight excluding hydrogens is 292 g/mol. The van der Waals surface area contributed by atoms with Gasteiger partial charge in [0, 0.05) is 37.2 Å². The average Bonchev–Trinajstić information content (AvgIpc) is 3.20. The van der Waals surface area contributed by atoms with E-state index in [2.05, 4.69) is 36.2 Å². The van der Waals surface area contributed by atoms with Gasteiger partial charge in [-0.2, -0.15) is 5.10 Å². The molecule has 0 saturated carbocycles. The van der Waals surface area contributed by atoms with E-state index in [9.17, 15) is 0 Å². The third-order valence-electron chi connectivity index (χ3n) is 4.28. The van der Waals surface area contributed by atoms with E-state index in [0.29, 0.717) is 6.04 Å². The molecule has 2 aromatic rings. The molecule has 0 amide bonds. The molecule has 1 aliphatic rings. The predicted molar refractivity (Wildman–Crippen MR) is 88.7 cm³/mol. The van der Waals surface area contributed by atoms with Crippen molar-refractivity contribution >= 4 is 5.69 Å². The lowest BCUT2D eigenvalue weighted by atomic mass is 10.1. The van der Waals surface area contributed by atoms with Crippen molar-refractivity contribution in [1.29, 1.82) is 0 Å². The molecule has 2 heterocycles. The Balaban J connectivity index is 1.60. The second-order valence-electron chi connectivity index (χ2n) is 5.98. The van der Waals surface area contributed by atoms with Crippen LogP contribution in [0.15, 0.2) is 30.9 Å². The van der Waals surface area contributed by atoms with Crippen LogP contribution in [-0.2, 0) is 6.54 Å². The van der Waals surface area contributed by atoms with Gasteiger partial charge < -0.3 is 14.8 Å². The number of anilines is 1. The first kappa shape index (κ1) is 15.6. The number of aromatic nitrogens is 3. The highest BCUT2D eigenvalue weighted by Crippen LogP contribution is 2.43. The molecule has 6 heteroatoms. The monoisotopic (exact) mass is 316 g/mol. The van der Waals surface area contributed by atoms with Gasteiger partial charge in [-0.05, 0) is 25.5 Å². The van der Waals surface area contributed by atoms with Crippen LogP contribution in [0.2, 0.25) is 0 Å². The summed E-state index contributed by atoms with van der Waals surface area (Å²) in [6.07, 6.45) is 5.92. The fraction of sp³-hybridized carbons (Fsp3) is 0.529. The van der Waals surface area contributed by atoms with E-state index in [-0.39, 0.29) is 0 Å². The topological polar surface area (TPSA) is 61.2 Å². The van der Waals surface area contributed by atoms with Crippen LogP contribution in [0.25, 0.3) is 0 Å². The number of nitrogens with one attached hydrogen (secondary N) is 1. The summed E-state index contributed by atoms with van der Waals surface area (Å²) in [6.45, 7) is 7.17. The Kier molecular flexibility index (Phi) is 4.41. The summed E-state index contributed by atoms with van der Waals surface area (Å²) in [5, 5.41) is 7.62. The van der Waals surface area contributed by atoms with Crippen LogP contribution in [0.4, 0.5) is 5.69 Å². The number of benzene rings is 1. The van der Waals surface area contributed by atoms with Gasteiger partial charge in [0.25, 0.3) is 5.79 Å². The van der Waals surface area contributed by atoms with Crippen molar-refractivity contribution in [3.05, 3.63) is 30.9 Å². The van der Waals surface area contributed by atoms with Gasteiger partial charge in [-0.3, -0.25) is 4.68 Å². The minimum Gasteiger partial charge on any atom is -0.448 e. The Morgan fingerprint density at radius 2 is 2.00 bits per heavy atom. The average molecular weight is 316 g/mol. The number of aryl methyl sites for hydroxylation is 1. The van der Waals surface area contributed by atoms with Crippen molar-refractivity contribution < 1.29 is 9.47 Å². The summed E-state index contributed by atoms with van der Waals surface area (Å²) in [6, 6.07) is 6.36. The molecule has 0 fully saturated rings. The van der Waals surface area contributed by atoms with Crippen LogP contribution in [-0.4, -0.2) is 26.6 Å². The predicted octanol–water partition coefficient (Wildman–Crippen LogP) is 3.46. The number of fused-ring (bicyclic) bond motifs is 1. The molecule has 0 spiro atoms. The molecule has 0 aliphatic carbocycles. The first-order valence-electron chi connectivity index (χ1n) is 8.25. The van der Waals surface area contributed by atoms with Crippen LogP contribution in [0.3, 0.4) is 0 Å². The lowest BCUT2D eigenvalue weighted by Crippen LogP contribution is -2.36.